The van der Waals surface area contributed by atoms with Crippen molar-refractivity contribution in [3.63, 3.8) is 0 Å². The number of benzene rings is 3. The Morgan fingerprint density at radius 1 is 0.970 bits per heavy atom. The van der Waals surface area contributed by atoms with E-state index in [-0.39, 0.29) is 17.1 Å². The second-order valence-electron chi connectivity index (χ2n) is 8.56. The number of hydrogen-bond donors (Lipinski definition) is 1. The second kappa shape index (κ2) is 10.3. The maximum atomic E-state index is 10.0. The number of nitrogens with zero attached hydrogens (tertiary/aromatic N) is 1. The minimum absolute atomic E-state index is 0.0300. The average Bonchev–Trinajstić information content (AvgIpc) is 2.85. The summed E-state index contributed by atoms with van der Waals surface area (Å²) >= 11 is 8.09. The fourth-order valence-electron chi connectivity index (χ4n) is 4.50. The highest BCUT2D eigenvalue weighted by molar-refractivity contribution is 7.99. The molecular formula is C27H28ClNO3S. The number of rotatable bonds is 6. The van der Waals surface area contributed by atoms with E-state index in [9.17, 15) is 5.11 Å². The molecule has 4 nitrogen and oxygen atoms in total. The molecule has 3 aromatic carbocycles. The van der Waals surface area contributed by atoms with Crippen LogP contribution in [0.2, 0.25) is 5.02 Å². The number of hydrogen-bond acceptors (Lipinski definition) is 5. The van der Waals surface area contributed by atoms with E-state index in [4.69, 9.17) is 21.1 Å². The zero-order valence-corrected chi connectivity index (χ0v) is 20.0. The van der Waals surface area contributed by atoms with Crippen molar-refractivity contribution in [2.75, 3.05) is 26.2 Å². The Morgan fingerprint density at radius 2 is 1.73 bits per heavy atom. The van der Waals surface area contributed by atoms with Crippen molar-refractivity contribution in [1.82, 2.24) is 4.90 Å². The van der Waals surface area contributed by atoms with Crippen LogP contribution >= 0.6 is 23.4 Å². The van der Waals surface area contributed by atoms with Crippen molar-refractivity contribution in [2.45, 2.75) is 35.5 Å². The molecule has 1 fully saturated rings. The molecule has 2 aliphatic rings. The minimum atomic E-state index is -0.214. The van der Waals surface area contributed by atoms with E-state index >= 15 is 0 Å². The summed E-state index contributed by atoms with van der Waals surface area (Å²) in [5, 5.41) is 10.5. The number of ether oxygens (including phenoxy) is 2. The Kier molecular flexibility index (Phi) is 7.00. The molecule has 6 heteroatoms. The van der Waals surface area contributed by atoms with Crippen LogP contribution in [0.5, 0.6) is 17.2 Å². The van der Waals surface area contributed by atoms with Gasteiger partial charge in [-0.15, -0.1) is 11.8 Å². The molecule has 2 heterocycles. The van der Waals surface area contributed by atoms with Crippen molar-refractivity contribution in [3.05, 3.63) is 82.9 Å². The predicted octanol–water partition coefficient (Wildman–Crippen LogP) is 6.88. The van der Waals surface area contributed by atoms with E-state index in [1.165, 1.54) is 44.0 Å². The predicted molar refractivity (Wildman–Crippen MR) is 134 cm³/mol. The first-order chi connectivity index (χ1) is 16.2. The van der Waals surface area contributed by atoms with Gasteiger partial charge in [0.2, 0.25) is 0 Å². The zero-order chi connectivity index (χ0) is 22.6. The molecule has 172 valence electrons. The van der Waals surface area contributed by atoms with Crippen LogP contribution in [0.1, 0.15) is 41.7 Å². The molecule has 5 rings (SSSR count). The minimum Gasteiger partial charge on any atom is -0.508 e. The van der Waals surface area contributed by atoms with Gasteiger partial charge in [0.15, 0.2) is 5.75 Å². The first kappa shape index (κ1) is 22.5. The van der Waals surface area contributed by atoms with Crippen molar-refractivity contribution in [3.8, 4) is 17.2 Å². The van der Waals surface area contributed by atoms with Crippen LogP contribution in [0.25, 0.3) is 0 Å². The Labute approximate surface area is 204 Å². The van der Waals surface area contributed by atoms with Gasteiger partial charge in [-0.25, -0.2) is 0 Å². The number of piperidine rings is 1. The number of halogens is 1. The quantitative estimate of drug-likeness (QED) is 0.415. The van der Waals surface area contributed by atoms with Gasteiger partial charge in [-0.2, -0.15) is 0 Å². The summed E-state index contributed by atoms with van der Waals surface area (Å²) in [6, 6.07) is 21.8. The highest BCUT2D eigenvalue weighted by Crippen LogP contribution is 2.55. The Bertz CT molecular complexity index is 1070. The first-order valence-electron chi connectivity index (χ1n) is 11.5. The van der Waals surface area contributed by atoms with E-state index in [1.54, 1.807) is 17.8 Å². The molecule has 0 spiro atoms. The van der Waals surface area contributed by atoms with Crippen LogP contribution in [0, 0.1) is 0 Å². The SMILES string of the molecule is Oc1cc(Cl)c2c(c1)S[C@@H](c1ccccc1)[C@@H](c1ccc(OCCN3CCCCC3)cc1)O2. The lowest BCUT2D eigenvalue weighted by Gasteiger charge is -2.34. The lowest BCUT2D eigenvalue weighted by molar-refractivity contribution is 0.182. The molecule has 0 saturated carbocycles. The molecule has 1 saturated heterocycles. The third kappa shape index (κ3) is 5.26. The number of aromatic hydroxyl groups is 1. The number of thioether (sulfide) groups is 1. The monoisotopic (exact) mass is 481 g/mol. The topological polar surface area (TPSA) is 41.9 Å². The van der Waals surface area contributed by atoms with E-state index in [0.717, 1.165) is 22.8 Å². The summed E-state index contributed by atoms with van der Waals surface area (Å²) in [7, 11) is 0. The van der Waals surface area contributed by atoms with Crippen molar-refractivity contribution >= 4 is 23.4 Å². The summed E-state index contributed by atoms with van der Waals surface area (Å²) < 4.78 is 12.5. The van der Waals surface area contributed by atoms with Crippen LogP contribution in [0.15, 0.2) is 71.6 Å². The third-order valence-corrected chi connectivity index (χ3v) is 7.84. The molecule has 33 heavy (non-hydrogen) atoms. The summed E-state index contributed by atoms with van der Waals surface area (Å²) in [6.07, 6.45) is 3.72. The summed E-state index contributed by atoms with van der Waals surface area (Å²) in [5.74, 6) is 1.64. The summed E-state index contributed by atoms with van der Waals surface area (Å²) in [5.41, 5.74) is 2.23. The molecule has 0 aromatic heterocycles. The number of phenols is 1. The normalized spacial score (nSPS) is 20.6. The van der Waals surface area contributed by atoms with Crippen LogP contribution in [0.3, 0.4) is 0 Å². The molecule has 0 amide bonds. The number of fused-ring (bicyclic) bond motifs is 1. The maximum absolute atomic E-state index is 10.0. The summed E-state index contributed by atoms with van der Waals surface area (Å²) in [4.78, 5) is 3.33. The molecule has 0 radical (unpaired) electrons. The Balaban J connectivity index is 1.34. The van der Waals surface area contributed by atoms with E-state index in [1.807, 2.05) is 30.3 Å². The Hall–Kier alpha value is -2.34. The van der Waals surface area contributed by atoms with E-state index < -0.39 is 0 Å². The van der Waals surface area contributed by atoms with Crippen LogP contribution in [0.4, 0.5) is 0 Å². The van der Waals surface area contributed by atoms with E-state index in [0.29, 0.717) is 17.4 Å². The smallest absolute Gasteiger partial charge is 0.152 e. The molecule has 1 N–H and O–H groups in total. The van der Waals surface area contributed by atoms with Crippen LogP contribution in [-0.2, 0) is 0 Å². The molecule has 0 bridgehead atoms. The van der Waals surface area contributed by atoms with Crippen molar-refractivity contribution in [2.24, 2.45) is 0 Å². The van der Waals surface area contributed by atoms with E-state index in [2.05, 4.69) is 29.2 Å². The standard InChI is InChI=1S/C27H28ClNO3S/c28-23-17-21(30)18-24-26(23)32-25(27(33-24)20-7-3-1-4-8-20)19-9-11-22(12-10-19)31-16-15-29-13-5-2-6-14-29/h1,3-4,7-12,17-18,25,27,30H,2,5-6,13-16H2/t25-,27+/m1/s1. The fraction of sp³-hybridized carbons (Fsp3) is 0.333. The van der Waals surface area contributed by atoms with Gasteiger partial charge >= 0.3 is 0 Å². The third-order valence-electron chi connectivity index (χ3n) is 6.23. The molecule has 0 unspecified atom stereocenters. The average molecular weight is 482 g/mol. The highest BCUT2D eigenvalue weighted by atomic mass is 35.5. The van der Waals surface area contributed by atoms with Gasteiger partial charge in [0, 0.05) is 12.6 Å². The molecule has 3 aromatic rings. The van der Waals surface area contributed by atoms with Crippen LogP contribution in [-0.4, -0.2) is 36.2 Å². The van der Waals surface area contributed by atoms with Gasteiger partial charge < -0.3 is 14.6 Å². The summed E-state index contributed by atoms with van der Waals surface area (Å²) in [6.45, 7) is 4.04. The van der Waals surface area contributed by atoms with Crippen molar-refractivity contribution in [1.29, 1.82) is 0 Å². The lowest BCUT2D eigenvalue weighted by atomic mass is 10.00. The van der Waals surface area contributed by atoms with Gasteiger partial charge in [-0.3, -0.25) is 4.90 Å². The number of likely N-dealkylation sites (tertiary alicyclic amines) is 1. The maximum Gasteiger partial charge on any atom is 0.152 e. The van der Waals surface area contributed by atoms with Gasteiger partial charge in [0.25, 0.3) is 0 Å². The van der Waals surface area contributed by atoms with Crippen molar-refractivity contribution < 1.29 is 14.6 Å². The van der Waals surface area contributed by atoms with Crippen LogP contribution < -0.4 is 9.47 Å². The second-order valence-corrected chi connectivity index (χ2v) is 10.2. The molecular weight excluding hydrogens is 454 g/mol. The largest absolute Gasteiger partial charge is 0.508 e. The zero-order valence-electron chi connectivity index (χ0n) is 18.5. The number of phenolic OH excluding ortho intramolecular Hbond substituents is 1. The first-order valence-corrected chi connectivity index (χ1v) is 12.8. The van der Waals surface area contributed by atoms with Gasteiger partial charge in [0.1, 0.15) is 24.2 Å². The molecule has 0 aliphatic carbocycles. The molecule has 2 atom stereocenters. The Morgan fingerprint density at radius 3 is 2.48 bits per heavy atom. The highest BCUT2D eigenvalue weighted by Gasteiger charge is 2.34. The van der Waals surface area contributed by atoms with Gasteiger partial charge in [0.05, 0.1) is 15.2 Å². The molecule has 2 aliphatic heterocycles. The van der Waals surface area contributed by atoms with Gasteiger partial charge in [-0.1, -0.05) is 60.5 Å². The van der Waals surface area contributed by atoms with Gasteiger partial charge in [-0.05, 0) is 55.3 Å². The lowest BCUT2D eigenvalue weighted by Crippen LogP contribution is -2.33. The fourth-order valence-corrected chi connectivity index (χ4v) is 6.17.